The molecule has 2 aromatic carbocycles. The van der Waals surface area contributed by atoms with E-state index in [0.717, 1.165) is 29.6 Å². The Hall–Kier alpha value is -2.31. The van der Waals surface area contributed by atoms with Crippen LogP contribution in [0.5, 0.6) is 0 Å². The lowest BCUT2D eigenvalue weighted by molar-refractivity contribution is -0.858. The van der Waals surface area contributed by atoms with Crippen molar-refractivity contribution < 1.29 is 14.1 Å². The van der Waals surface area contributed by atoms with Crippen molar-refractivity contribution in [1.82, 2.24) is 4.98 Å². The number of quaternary nitrogens is 1. The van der Waals surface area contributed by atoms with Crippen LogP contribution < -0.4 is 9.80 Å². The van der Waals surface area contributed by atoms with Crippen molar-refractivity contribution in [3.8, 4) is 0 Å². The summed E-state index contributed by atoms with van der Waals surface area (Å²) in [4.78, 5) is 20.9. The van der Waals surface area contributed by atoms with Gasteiger partial charge in [-0.25, -0.2) is 9.37 Å². The lowest BCUT2D eigenvalue weighted by Crippen LogP contribution is -3.05. The van der Waals surface area contributed by atoms with Gasteiger partial charge in [-0.05, 0) is 48.4 Å². The van der Waals surface area contributed by atoms with E-state index in [1.165, 1.54) is 46.1 Å². The number of amides is 1. The highest BCUT2D eigenvalue weighted by atomic mass is 32.1. The predicted octanol–water partition coefficient (Wildman–Crippen LogP) is 3.18. The molecule has 1 amide bonds. The lowest BCUT2D eigenvalue weighted by atomic mass is 10.2. The van der Waals surface area contributed by atoms with E-state index in [9.17, 15) is 9.18 Å². The van der Waals surface area contributed by atoms with Gasteiger partial charge in [0.2, 0.25) is 0 Å². The Morgan fingerprint density at radius 2 is 1.93 bits per heavy atom. The van der Waals surface area contributed by atoms with E-state index in [4.69, 9.17) is 4.98 Å². The topological polar surface area (TPSA) is 37.6 Å². The Labute approximate surface area is 163 Å². The summed E-state index contributed by atoms with van der Waals surface area (Å²) in [7, 11) is 4.19. The molecule has 3 aromatic rings. The highest BCUT2D eigenvalue weighted by Crippen LogP contribution is 2.30. The molecule has 142 valence electrons. The minimum absolute atomic E-state index is 0.140. The number of carbonyl (C=O) groups excluding carboxylic acids is 1. The number of nitrogens with one attached hydrogen (secondary N) is 1. The number of nitrogens with zero attached hydrogens (tertiary/aromatic N) is 2. The summed E-state index contributed by atoms with van der Waals surface area (Å²) in [6.07, 6.45) is 1.83. The fourth-order valence-electron chi connectivity index (χ4n) is 2.92. The van der Waals surface area contributed by atoms with Gasteiger partial charge in [-0.3, -0.25) is 9.69 Å². The number of aryl methyl sites for hydroxylation is 1. The van der Waals surface area contributed by atoms with Crippen LogP contribution in [0.25, 0.3) is 10.2 Å². The zero-order valence-electron chi connectivity index (χ0n) is 16.0. The molecule has 0 spiro atoms. The molecular formula is C21H25FN3OS+. The van der Waals surface area contributed by atoms with Gasteiger partial charge in [-0.1, -0.05) is 24.3 Å². The Morgan fingerprint density at radius 1 is 1.19 bits per heavy atom. The van der Waals surface area contributed by atoms with Gasteiger partial charge in [0.05, 0.1) is 30.9 Å². The van der Waals surface area contributed by atoms with E-state index in [1.54, 1.807) is 4.90 Å². The number of anilines is 1. The van der Waals surface area contributed by atoms with E-state index in [2.05, 4.69) is 33.2 Å². The number of fused-ring (bicyclic) bond motifs is 1. The second-order valence-electron chi connectivity index (χ2n) is 6.93. The van der Waals surface area contributed by atoms with Gasteiger partial charge in [-0.15, -0.1) is 0 Å². The SMILES string of the molecule is CCc1ccc2nc(N(CCC[NH+](C)C)C(=O)c3ccc(F)cc3)sc2c1. The normalized spacial score (nSPS) is 11.3. The highest BCUT2D eigenvalue weighted by Gasteiger charge is 2.21. The third-order valence-corrected chi connectivity index (χ3v) is 5.52. The molecule has 0 aliphatic carbocycles. The van der Waals surface area contributed by atoms with Crippen molar-refractivity contribution in [2.24, 2.45) is 0 Å². The number of hydrogen-bond acceptors (Lipinski definition) is 3. The van der Waals surface area contributed by atoms with Gasteiger partial charge in [0, 0.05) is 18.5 Å². The number of rotatable bonds is 7. The first-order chi connectivity index (χ1) is 13.0. The fraction of sp³-hybridized carbons (Fsp3) is 0.333. The summed E-state index contributed by atoms with van der Waals surface area (Å²) in [6, 6.07) is 11.9. The van der Waals surface area contributed by atoms with Crippen LogP contribution >= 0.6 is 11.3 Å². The summed E-state index contributed by atoms with van der Waals surface area (Å²) < 4.78 is 14.3. The molecule has 6 heteroatoms. The summed E-state index contributed by atoms with van der Waals surface area (Å²) >= 11 is 1.53. The smallest absolute Gasteiger partial charge is 0.260 e. The second-order valence-corrected chi connectivity index (χ2v) is 7.94. The Kier molecular flexibility index (Phi) is 6.19. The summed E-state index contributed by atoms with van der Waals surface area (Å²) in [6.45, 7) is 3.66. The summed E-state index contributed by atoms with van der Waals surface area (Å²) in [5, 5.41) is 0.696. The molecule has 0 saturated carbocycles. The van der Waals surface area contributed by atoms with Crippen molar-refractivity contribution in [1.29, 1.82) is 0 Å². The zero-order valence-corrected chi connectivity index (χ0v) is 16.8. The molecule has 3 rings (SSSR count). The number of carbonyl (C=O) groups is 1. The summed E-state index contributed by atoms with van der Waals surface area (Å²) in [5.74, 6) is -0.486. The predicted molar refractivity (Wildman–Crippen MR) is 109 cm³/mol. The monoisotopic (exact) mass is 386 g/mol. The van der Waals surface area contributed by atoms with Crippen LogP contribution in [0, 0.1) is 5.82 Å². The van der Waals surface area contributed by atoms with Gasteiger partial charge in [0.1, 0.15) is 5.82 Å². The molecule has 1 aromatic heterocycles. The first-order valence-corrected chi connectivity index (χ1v) is 10.1. The number of thiazole rings is 1. The quantitative estimate of drug-likeness (QED) is 0.677. The van der Waals surface area contributed by atoms with E-state index in [0.29, 0.717) is 17.2 Å². The third kappa shape index (κ3) is 4.70. The molecule has 27 heavy (non-hydrogen) atoms. The minimum Gasteiger partial charge on any atom is -0.340 e. The number of hydrogen-bond donors (Lipinski definition) is 1. The molecule has 0 fully saturated rings. The van der Waals surface area contributed by atoms with Crippen LogP contribution in [0.2, 0.25) is 0 Å². The van der Waals surface area contributed by atoms with Crippen LogP contribution in [-0.4, -0.2) is 38.1 Å². The molecule has 0 bridgehead atoms. The molecule has 0 atom stereocenters. The minimum atomic E-state index is -0.346. The Morgan fingerprint density at radius 3 is 2.59 bits per heavy atom. The molecule has 1 heterocycles. The standard InChI is InChI=1S/C21H24FN3OS/c1-4-15-6-11-18-19(14-15)27-21(23-18)25(13-5-12-24(2)3)20(26)16-7-9-17(22)10-8-16/h6-11,14H,4-5,12-13H2,1-3H3/p+1. The first-order valence-electron chi connectivity index (χ1n) is 9.24. The van der Waals surface area contributed by atoms with Gasteiger partial charge in [0.15, 0.2) is 5.13 Å². The van der Waals surface area contributed by atoms with Crippen molar-refractivity contribution in [2.45, 2.75) is 19.8 Å². The van der Waals surface area contributed by atoms with Crippen LogP contribution in [-0.2, 0) is 6.42 Å². The maximum Gasteiger partial charge on any atom is 0.260 e. The molecule has 1 N–H and O–H groups in total. The molecule has 0 radical (unpaired) electrons. The van der Waals surface area contributed by atoms with Gasteiger partial charge >= 0.3 is 0 Å². The molecule has 4 nitrogen and oxygen atoms in total. The van der Waals surface area contributed by atoms with Crippen molar-refractivity contribution in [2.75, 3.05) is 32.1 Å². The van der Waals surface area contributed by atoms with Gasteiger partial charge in [-0.2, -0.15) is 0 Å². The summed E-state index contributed by atoms with van der Waals surface area (Å²) in [5.41, 5.74) is 2.63. The van der Waals surface area contributed by atoms with Crippen molar-refractivity contribution >= 4 is 32.6 Å². The fourth-order valence-corrected chi connectivity index (χ4v) is 3.97. The van der Waals surface area contributed by atoms with Crippen molar-refractivity contribution in [3.63, 3.8) is 0 Å². The number of halogens is 1. The zero-order chi connectivity index (χ0) is 19.4. The lowest BCUT2D eigenvalue weighted by Gasteiger charge is -2.20. The molecule has 0 saturated heterocycles. The van der Waals surface area contributed by atoms with E-state index in [1.807, 2.05) is 6.07 Å². The number of benzene rings is 2. The van der Waals surface area contributed by atoms with E-state index >= 15 is 0 Å². The van der Waals surface area contributed by atoms with Crippen LogP contribution in [0.1, 0.15) is 29.3 Å². The maximum absolute atomic E-state index is 13.2. The molecular weight excluding hydrogens is 361 g/mol. The first kappa shape index (κ1) is 19.5. The third-order valence-electron chi connectivity index (χ3n) is 4.48. The average molecular weight is 387 g/mol. The van der Waals surface area contributed by atoms with Crippen LogP contribution in [0.15, 0.2) is 42.5 Å². The van der Waals surface area contributed by atoms with Crippen molar-refractivity contribution in [3.05, 3.63) is 59.4 Å². The van der Waals surface area contributed by atoms with Crippen LogP contribution in [0.4, 0.5) is 9.52 Å². The second kappa shape index (κ2) is 8.59. The number of aromatic nitrogens is 1. The molecule has 0 unspecified atom stereocenters. The molecule has 0 aliphatic heterocycles. The highest BCUT2D eigenvalue weighted by molar-refractivity contribution is 7.22. The Bertz CT molecular complexity index is 921. The van der Waals surface area contributed by atoms with Gasteiger partial charge in [0.25, 0.3) is 5.91 Å². The largest absolute Gasteiger partial charge is 0.340 e. The van der Waals surface area contributed by atoms with E-state index in [-0.39, 0.29) is 11.7 Å². The van der Waals surface area contributed by atoms with E-state index < -0.39 is 0 Å². The average Bonchev–Trinajstić information content (AvgIpc) is 3.07. The Balaban J connectivity index is 1.93. The van der Waals surface area contributed by atoms with Gasteiger partial charge < -0.3 is 4.90 Å². The molecule has 0 aliphatic rings. The van der Waals surface area contributed by atoms with Crippen LogP contribution in [0.3, 0.4) is 0 Å². The maximum atomic E-state index is 13.2.